The Morgan fingerprint density at radius 1 is 1.20 bits per heavy atom. The second-order valence-corrected chi connectivity index (χ2v) is 9.24. The van der Waals surface area contributed by atoms with Gasteiger partial charge in [-0.3, -0.25) is 9.69 Å². The fraction of sp³-hybridized carbons (Fsp3) is 0.417. The Morgan fingerprint density at radius 3 is 2.67 bits per heavy atom. The molecule has 5 nitrogen and oxygen atoms in total. The Labute approximate surface area is 182 Å². The number of hydrogen-bond donors (Lipinski definition) is 0. The molecule has 1 aromatic carbocycles. The van der Waals surface area contributed by atoms with Gasteiger partial charge in [0.2, 0.25) is 0 Å². The van der Waals surface area contributed by atoms with Crippen LogP contribution in [0.5, 0.6) is 0 Å². The topological polar surface area (TPSA) is 41.4 Å². The van der Waals surface area contributed by atoms with E-state index in [4.69, 9.17) is 5.10 Å². The predicted octanol–water partition coefficient (Wildman–Crippen LogP) is 4.61. The molecule has 0 atom stereocenters. The average molecular weight is 423 g/mol. The molecule has 3 aromatic rings. The highest BCUT2D eigenvalue weighted by molar-refractivity contribution is 7.12. The van der Waals surface area contributed by atoms with Crippen LogP contribution in [-0.4, -0.2) is 45.1 Å². The van der Waals surface area contributed by atoms with Crippen LogP contribution in [0.1, 0.15) is 47.4 Å². The van der Waals surface area contributed by atoms with E-state index >= 15 is 0 Å². The molecule has 4 rings (SSSR count). The van der Waals surface area contributed by atoms with Gasteiger partial charge in [0.25, 0.3) is 5.91 Å². The van der Waals surface area contributed by atoms with Gasteiger partial charge in [-0.15, -0.1) is 11.3 Å². The number of fused-ring (bicyclic) bond motifs is 1. The lowest BCUT2D eigenvalue weighted by Crippen LogP contribution is -2.35. The van der Waals surface area contributed by atoms with Crippen LogP contribution < -0.4 is 0 Å². The summed E-state index contributed by atoms with van der Waals surface area (Å²) in [4.78, 5) is 18.4. The van der Waals surface area contributed by atoms with Gasteiger partial charge in [-0.25, -0.2) is 4.68 Å². The number of carbonyl (C=O) groups is 1. The first-order valence-electron chi connectivity index (χ1n) is 10.8. The highest BCUT2D eigenvalue weighted by Gasteiger charge is 2.27. The maximum Gasteiger partial charge on any atom is 0.264 e. The van der Waals surface area contributed by atoms with Crippen molar-refractivity contribution in [1.29, 1.82) is 0 Å². The molecule has 158 valence electrons. The average Bonchev–Trinajstić information content (AvgIpc) is 3.41. The quantitative estimate of drug-likeness (QED) is 0.558. The molecule has 3 heterocycles. The van der Waals surface area contributed by atoms with Crippen LogP contribution in [0.2, 0.25) is 0 Å². The molecular formula is C24H30N4OS. The second-order valence-electron chi connectivity index (χ2n) is 8.29. The number of carbonyl (C=O) groups excluding carboxylic acids is 1. The van der Waals surface area contributed by atoms with Gasteiger partial charge in [-0.1, -0.05) is 45.0 Å². The number of thiophene rings is 1. The molecule has 0 saturated carbocycles. The van der Waals surface area contributed by atoms with E-state index in [-0.39, 0.29) is 5.91 Å². The second kappa shape index (κ2) is 9.14. The Kier molecular flexibility index (Phi) is 6.35. The molecular weight excluding hydrogens is 392 g/mol. The molecule has 0 saturated heterocycles. The van der Waals surface area contributed by atoms with Crippen LogP contribution in [0.15, 0.2) is 47.8 Å². The molecule has 1 aliphatic heterocycles. The number of aromatic nitrogens is 2. The summed E-state index contributed by atoms with van der Waals surface area (Å²) in [5.41, 5.74) is 4.69. The minimum atomic E-state index is 0.102. The van der Waals surface area contributed by atoms with E-state index in [1.807, 2.05) is 28.5 Å². The van der Waals surface area contributed by atoms with Crippen molar-refractivity contribution in [2.75, 3.05) is 19.6 Å². The summed E-state index contributed by atoms with van der Waals surface area (Å²) < 4.78 is 2.10. The monoisotopic (exact) mass is 422 g/mol. The van der Waals surface area contributed by atoms with Crippen molar-refractivity contribution in [3.8, 4) is 5.69 Å². The van der Waals surface area contributed by atoms with Crippen LogP contribution in [0, 0.1) is 5.92 Å². The lowest BCUT2D eigenvalue weighted by atomic mass is 10.0. The fourth-order valence-corrected chi connectivity index (χ4v) is 4.81. The van der Waals surface area contributed by atoms with Crippen LogP contribution in [0.4, 0.5) is 0 Å². The number of amides is 1. The van der Waals surface area contributed by atoms with Gasteiger partial charge in [-0.05, 0) is 36.0 Å². The zero-order valence-electron chi connectivity index (χ0n) is 18.0. The highest BCUT2D eigenvalue weighted by atomic mass is 32.1. The van der Waals surface area contributed by atoms with Gasteiger partial charge in [0, 0.05) is 31.6 Å². The summed E-state index contributed by atoms with van der Waals surface area (Å²) in [6.07, 6.45) is 0.980. The van der Waals surface area contributed by atoms with Gasteiger partial charge < -0.3 is 4.90 Å². The molecule has 30 heavy (non-hydrogen) atoms. The minimum Gasteiger partial charge on any atom is -0.332 e. The zero-order valence-corrected chi connectivity index (χ0v) is 18.9. The summed E-state index contributed by atoms with van der Waals surface area (Å²) in [7, 11) is 0. The van der Waals surface area contributed by atoms with Crippen molar-refractivity contribution >= 4 is 17.2 Å². The fourth-order valence-electron chi connectivity index (χ4n) is 4.12. The van der Waals surface area contributed by atoms with E-state index in [2.05, 4.69) is 54.6 Å². The molecule has 0 fully saturated rings. The SMILES string of the molecule is CCN1CCc2c(c(CN(CC(C)C)C(=O)c3cccs3)nn2-c2ccccc2)C1. The molecule has 1 aliphatic rings. The van der Waals surface area contributed by atoms with Crippen molar-refractivity contribution in [2.45, 2.75) is 40.3 Å². The minimum absolute atomic E-state index is 0.102. The third kappa shape index (κ3) is 4.35. The van der Waals surface area contributed by atoms with Crippen molar-refractivity contribution in [3.63, 3.8) is 0 Å². The first kappa shape index (κ1) is 20.8. The maximum atomic E-state index is 13.2. The van der Waals surface area contributed by atoms with E-state index in [1.165, 1.54) is 22.6 Å². The molecule has 0 unspecified atom stereocenters. The lowest BCUT2D eigenvalue weighted by molar-refractivity contribution is 0.0724. The Bertz CT molecular complexity index is 978. The molecule has 0 bridgehead atoms. The predicted molar refractivity (Wildman–Crippen MR) is 122 cm³/mol. The number of rotatable bonds is 7. The van der Waals surface area contributed by atoms with Gasteiger partial charge in [0.1, 0.15) is 0 Å². The lowest BCUT2D eigenvalue weighted by Gasteiger charge is -2.28. The van der Waals surface area contributed by atoms with E-state index in [9.17, 15) is 4.79 Å². The first-order chi connectivity index (χ1) is 14.6. The highest BCUT2D eigenvalue weighted by Crippen LogP contribution is 2.27. The number of hydrogen-bond acceptors (Lipinski definition) is 4. The van der Waals surface area contributed by atoms with Crippen LogP contribution in [0.3, 0.4) is 0 Å². The Morgan fingerprint density at radius 2 is 2.00 bits per heavy atom. The van der Waals surface area contributed by atoms with Crippen LogP contribution in [0.25, 0.3) is 5.69 Å². The van der Waals surface area contributed by atoms with Crippen LogP contribution >= 0.6 is 11.3 Å². The summed E-state index contributed by atoms with van der Waals surface area (Å²) in [5.74, 6) is 0.498. The molecule has 0 spiro atoms. The van der Waals surface area contributed by atoms with E-state index in [0.717, 1.165) is 48.9 Å². The maximum absolute atomic E-state index is 13.2. The van der Waals surface area contributed by atoms with Crippen molar-refractivity contribution in [2.24, 2.45) is 5.92 Å². The number of likely N-dealkylation sites (N-methyl/N-ethyl adjacent to an activating group) is 1. The first-order valence-corrected chi connectivity index (χ1v) is 11.6. The molecule has 0 N–H and O–H groups in total. The van der Waals surface area contributed by atoms with Gasteiger partial charge in [0.15, 0.2) is 0 Å². The van der Waals surface area contributed by atoms with Crippen molar-refractivity contribution in [1.82, 2.24) is 19.6 Å². The summed E-state index contributed by atoms with van der Waals surface area (Å²) in [6.45, 7) is 10.8. The molecule has 0 aliphatic carbocycles. The van der Waals surface area contributed by atoms with E-state index in [0.29, 0.717) is 12.5 Å². The van der Waals surface area contributed by atoms with Crippen LogP contribution in [-0.2, 0) is 19.5 Å². The standard InChI is InChI=1S/C24H30N4OS/c1-4-26-13-12-22-20(16-26)21(25-28(22)19-9-6-5-7-10-19)17-27(15-18(2)3)24(29)23-11-8-14-30-23/h5-11,14,18H,4,12-13,15-17H2,1-3H3. The van der Waals surface area contributed by atoms with E-state index in [1.54, 1.807) is 0 Å². The molecule has 0 radical (unpaired) electrons. The van der Waals surface area contributed by atoms with E-state index < -0.39 is 0 Å². The van der Waals surface area contributed by atoms with Gasteiger partial charge in [-0.2, -0.15) is 5.10 Å². The smallest absolute Gasteiger partial charge is 0.264 e. The van der Waals surface area contributed by atoms with Crippen molar-refractivity contribution < 1.29 is 4.79 Å². The molecule has 6 heteroatoms. The third-order valence-corrected chi connectivity index (χ3v) is 6.47. The van der Waals surface area contributed by atoms with Crippen molar-refractivity contribution in [3.05, 3.63) is 69.7 Å². The normalized spacial score (nSPS) is 14.1. The summed E-state index contributed by atoms with van der Waals surface area (Å²) >= 11 is 1.51. The number of nitrogens with zero attached hydrogens (tertiary/aromatic N) is 4. The molecule has 1 amide bonds. The Balaban J connectivity index is 1.71. The Hall–Kier alpha value is -2.44. The summed E-state index contributed by atoms with van der Waals surface area (Å²) in [6, 6.07) is 14.2. The molecule has 2 aromatic heterocycles. The third-order valence-electron chi connectivity index (χ3n) is 5.61. The number of benzene rings is 1. The summed E-state index contributed by atoms with van der Waals surface area (Å²) in [5, 5.41) is 7.01. The number of para-hydroxylation sites is 1. The van der Waals surface area contributed by atoms with Gasteiger partial charge >= 0.3 is 0 Å². The van der Waals surface area contributed by atoms with Gasteiger partial charge in [0.05, 0.1) is 28.5 Å². The zero-order chi connectivity index (χ0) is 21.1. The largest absolute Gasteiger partial charge is 0.332 e.